The van der Waals surface area contributed by atoms with Crippen LogP contribution in [0.2, 0.25) is 0 Å². The molecule has 0 aromatic carbocycles. The van der Waals surface area contributed by atoms with Crippen LogP contribution in [0.4, 0.5) is 4.39 Å². The van der Waals surface area contributed by atoms with E-state index in [-0.39, 0.29) is 6.61 Å². The van der Waals surface area contributed by atoms with E-state index in [1.165, 1.54) is 12.3 Å². The summed E-state index contributed by atoms with van der Waals surface area (Å²) in [5.41, 5.74) is 5.91. The first-order valence-electron chi connectivity index (χ1n) is 3.21. The van der Waals surface area contributed by atoms with Gasteiger partial charge in [0.1, 0.15) is 5.82 Å². The number of aliphatic hydroxyl groups excluding tert-OH is 1. The Kier molecular flexibility index (Phi) is 2.51. The van der Waals surface area contributed by atoms with Crippen LogP contribution in [0.25, 0.3) is 0 Å². The summed E-state index contributed by atoms with van der Waals surface area (Å²) in [4.78, 5) is 3.59. The molecule has 0 bridgehead atoms. The van der Waals surface area contributed by atoms with E-state index in [0.29, 0.717) is 5.56 Å². The Bertz CT molecular complexity index is 242. The average molecular weight is 156 g/mol. The third-order valence-electron chi connectivity index (χ3n) is 1.35. The molecule has 0 aliphatic carbocycles. The van der Waals surface area contributed by atoms with Gasteiger partial charge in [0.15, 0.2) is 0 Å². The summed E-state index contributed by atoms with van der Waals surface area (Å²) in [6.07, 6.45) is 2.53. The highest BCUT2D eigenvalue weighted by molar-refractivity contribution is 5.14. The van der Waals surface area contributed by atoms with Crippen LogP contribution < -0.4 is 5.73 Å². The fourth-order valence-corrected chi connectivity index (χ4v) is 0.736. The number of rotatable bonds is 2. The van der Waals surface area contributed by atoms with Crippen LogP contribution in [-0.4, -0.2) is 16.7 Å². The van der Waals surface area contributed by atoms with Crippen molar-refractivity contribution in [3.05, 3.63) is 29.8 Å². The second-order valence-electron chi connectivity index (χ2n) is 2.23. The number of nitrogens with two attached hydrogens (primary N) is 1. The zero-order chi connectivity index (χ0) is 8.27. The minimum Gasteiger partial charge on any atom is -0.394 e. The molecule has 0 radical (unpaired) electrons. The van der Waals surface area contributed by atoms with E-state index in [1.54, 1.807) is 0 Å². The van der Waals surface area contributed by atoms with Gasteiger partial charge in [-0.1, -0.05) is 0 Å². The molecule has 0 saturated heterocycles. The van der Waals surface area contributed by atoms with Gasteiger partial charge in [-0.05, 0) is 11.6 Å². The van der Waals surface area contributed by atoms with Crippen molar-refractivity contribution in [1.29, 1.82) is 0 Å². The van der Waals surface area contributed by atoms with Crippen molar-refractivity contribution >= 4 is 0 Å². The summed E-state index contributed by atoms with van der Waals surface area (Å²) in [7, 11) is 0. The quantitative estimate of drug-likeness (QED) is 0.643. The molecule has 3 nitrogen and oxygen atoms in total. The fraction of sp³-hybridized carbons (Fsp3) is 0.286. The van der Waals surface area contributed by atoms with Gasteiger partial charge in [0.2, 0.25) is 0 Å². The molecular formula is C7H9FN2O. The molecule has 1 atom stereocenters. The molecule has 0 spiro atoms. The maximum absolute atomic E-state index is 12.5. The molecule has 0 saturated carbocycles. The Labute approximate surface area is 63.7 Å². The van der Waals surface area contributed by atoms with Gasteiger partial charge < -0.3 is 10.8 Å². The Morgan fingerprint density at radius 1 is 1.64 bits per heavy atom. The number of hydrogen-bond acceptors (Lipinski definition) is 3. The Morgan fingerprint density at radius 3 is 2.91 bits per heavy atom. The van der Waals surface area contributed by atoms with Gasteiger partial charge in [0, 0.05) is 6.20 Å². The Morgan fingerprint density at radius 2 is 2.36 bits per heavy atom. The summed E-state index contributed by atoms with van der Waals surface area (Å²) in [6, 6.07) is 0.714. The molecule has 1 aromatic rings. The molecule has 1 rings (SSSR count). The molecule has 1 unspecified atom stereocenters. The van der Waals surface area contributed by atoms with E-state index < -0.39 is 11.9 Å². The summed E-state index contributed by atoms with van der Waals surface area (Å²) in [6.45, 7) is -0.203. The first-order chi connectivity index (χ1) is 5.24. The summed E-state index contributed by atoms with van der Waals surface area (Å²) in [5.74, 6) is -0.439. The zero-order valence-corrected chi connectivity index (χ0v) is 5.87. The highest BCUT2D eigenvalue weighted by Gasteiger charge is 2.04. The average Bonchev–Trinajstić information content (AvgIpc) is 2.03. The lowest BCUT2D eigenvalue weighted by atomic mass is 10.1. The van der Waals surface area contributed by atoms with E-state index >= 15 is 0 Å². The summed E-state index contributed by atoms with van der Waals surface area (Å²) < 4.78 is 12.5. The largest absolute Gasteiger partial charge is 0.394 e. The number of hydrogen-bond donors (Lipinski definition) is 2. The summed E-state index contributed by atoms with van der Waals surface area (Å²) in [5, 5.41) is 8.60. The van der Waals surface area contributed by atoms with Gasteiger partial charge >= 0.3 is 0 Å². The second kappa shape index (κ2) is 3.41. The van der Waals surface area contributed by atoms with Crippen molar-refractivity contribution in [2.75, 3.05) is 6.61 Å². The van der Waals surface area contributed by atoms with E-state index in [2.05, 4.69) is 4.98 Å². The molecule has 0 fully saturated rings. The molecule has 0 aliphatic heterocycles. The normalized spacial score (nSPS) is 13.0. The molecule has 0 aliphatic rings. The van der Waals surface area contributed by atoms with Crippen LogP contribution in [0.5, 0.6) is 0 Å². The maximum atomic E-state index is 12.5. The molecular weight excluding hydrogens is 147 g/mol. The lowest BCUT2D eigenvalue weighted by molar-refractivity contribution is 0.267. The Hall–Kier alpha value is -1.00. The molecule has 4 heteroatoms. The van der Waals surface area contributed by atoms with Gasteiger partial charge in [0.25, 0.3) is 0 Å². The third kappa shape index (κ3) is 1.96. The van der Waals surface area contributed by atoms with E-state index in [4.69, 9.17) is 10.8 Å². The maximum Gasteiger partial charge on any atom is 0.141 e. The SMILES string of the molecule is NC(CO)c1cncc(F)c1. The van der Waals surface area contributed by atoms with Crippen molar-refractivity contribution in [2.45, 2.75) is 6.04 Å². The van der Waals surface area contributed by atoms with Gasteiger partial charge in [-0.2, -0.15) is 0 Å². The first kappa shape index (κ1) is 8.10. The van der Waals surface area contributed by atoms with Crippen molar-refractivity contribution in [3.8, 4) is 0 Å². The van der Waals surface area contributed by atoms with Gasteiger partial charge in [-0.15, -0.1) is 0 Å². The van der Waals surface area contributed by atoms with E-state index in [1.807, 2.05) is 0 Å². The first-order valence-corrected chi connectivity index (χ1v) is 3.21. The van der Waals surface area contributed by atoms with Crippen LogP contribution in [-0.2, 0) is 0 Å². The second-order valence-corrected chi connectivity index (χ2v) is 2.23. The zero-order valence-electron chi connectivity index (χ0n) is 5.87. The minimum atomic E-state index is -0.543. The summed E-state index contributed by atoms with van der Waals surface area (Å²) >= 11 is 0. The lowest BCUT2D eigenvalue weighted by Gasteiger charge is -2.06. The van der Waals surface area contributed by atoms with Gasteiger partial charge in [0.05, 0.1) is 18.8 Å². The van der Waals surface area contributed by atoms with Crippen LogP contribution in [0, 0.1) is 5.82 Å². The topological polar surface area (TPSA) is 59.1 Å². The highest BCUT2D eigenvalue weighted by atomic mass is 19.1. The number of aromatic nitrogens is 1. The van der Waals surface area contributed by atoms with Crippen LogP contribution in [0.1, 0.15) is 11.6 Å². The monoisotopic (exact) mass is 156 g/mol. The molecule has 1 aromatic heterocycles. The molecule has 0 amide bonds. The number of nitrogens with zero attached hydrogens (tertiary/aromatic N) is 1. The van der Waals surface area contributed by atoms with Crippen molar-refractivity contribution < 1.29 is 9.50 Å². The predicted octanol–water partition coefficient (Wildman–Crippen LogP) is 0.213. The third-order valence-corrected chi connectivity index (χ3v) is 1.35. The number of pyridine rings is 1. The fourth-order valence-electron chi connectivity index (χ4n) is 0.736. The standard InChI is InChI=1S/C7H9FN2O/c8-6-1-5(2-10-3-6)7(9)4-11/h1-3,7,11H,4,9H2. The van der Waals surface area contributed by atoms with Gasteiger partial charge in [-0.3, -0.25) is 4.98 Å². The van der Waals surface area contributed by atoms with Gasteiger partial charge in [-0.25, -0.2) is 4.39 Å². The van der Waals surface area contributed by atoms with E-state index in [0.717, 1.165) is 6.20 Å². The Balaban J connectivity index is 2.86. The molecule has 1 heterocycles. The number of aliphatic hydroxyl groups is 1. The number of halogens is 1. The van der Waals surface area contributed by atoms with Crippen molar-refractivity contribution in [3.63, 3.8) is 0 Å². The van der Waals surface area contributed by atoms with Crippen LogP contribution >= 0.6 is 0 Å². The van der Waals surface area contributed by atoms with E-state index in [9.17, 15) is 4.39 Å². The minimum absolute atomic E-state index is 0.203. The molecule has 11 heavy (non-hydrogen) atoms. The van der Waals surface area contributed by atoms with Crippen molar-refractivity contribution in [2.24, 2.45) is 5.73 Å². The molecule has 60 valence electrons. The smallest absolute Gasteiger partial charge is 0.141 e. The van der Waals surface area contributed by atoms with Crippen LogP contribution in [0.3, 0.4) is 0 Å². The van der Waals surface area contributed by atoms with Crippen LogP contribution in [0.15, 0.2) is 18.5 Å². The van der Waals surface area contributed by atoms with Crippen molar-refractivity contribution in [1.82, 2.24) is 4.98 Å². The molecule has 3 N–H and O–H groups in total. The predicted molar refractivity (Wildman–Crippen MR) is 38.2 cm³/mol. The lowest BCUT2D eigenvalue weighted by Crippen LogP contribution is -2.14. The highest BCUT2D eigenvalue weighted by Crippen LogP contribution is 2.08.